The van der Waals surface area contributed by atoms with Crippen molar-refractivity contribution in [1.29, 1.82) is 0 Å². The van der Waals surface area contributed by atoms with Crippen molar-refractivity contribution in [2.75, 3.05) is 25.6 Å². The zero-order chi connectivity index (χ0) is 19.2. The fraction of sp³-hybridized carbons (Fsp3) is 0.684. The Bertz CT molecular complexity index is 681. The van der Waals surface area contributed by atoms with E-state index < -0.39 is 15.8 Å². The quantitative estimate of drug-likeness (QED) is 0.591. The van der Waals surface area contributed by atoms with Gasteiger partial charge in [0.25, 0.3) is 0 Å². The summed E-state index contributed by atoms with van der Waals surface area (Å²) in [4.78, 5) is 0. The lowest BCUT2D eigenvalue weighted by molar-refractivity contribution is 0.0720. The van der Waals surface area contributed by atoms with E-state index in [0.717, 1.165) is 12.8 Å². The fourth-order valence-corrected chi connectivity index (χ4v) is 3.28. The summed E-state index contributed by atoms with van der Waals surface area (Å²) in [7, 11) is -3.40. The summed E-state index contributed by atoms with van der Waals surface area (Å²) in [6, 6.07) is 4.44. The Morgan fingerprint density at radius 1 is 1.27 bits per heavy atom. The molecule has 0 bridgehead atoms. The van der Waals surface area contributed by atoms with Gasteiger partial charge in [-0.05, 0) is 48.3 Å². The van der Waals surface area contributed by atoms with Crippen LogP contribution in [0.3, 0.4) is 0 Å². The van der Waals surface area contributed by atoms with Gasteiger partial charge in [0.2, 0.25) is 10.0 Å². The van der Waals surface area contributed by atoms with Crippen molar-refractivity contribution >= 4 is 10.0 Å². The minimum absolute atomic E-state index is 0.00335. The van der Waals surface area contributed by atoms with Crippen LogP contribution in [-0.2, 0) is 21.3 Å². The largest absolute Gasteiger partial charge is 0.490 e. The molecular formula is C19H30FNO4S. The van der Waals surface area contributed by atoms with Gasteiger partial charge in [-0.25, -0.2) is 17.5 Å². The van der Waals surface area contributed by atoms with Gasteiger partial charge in [0.15, 0.2) is 11.6 Å². The predicted molar refractivity (Wildman–Crippen MR) is 100 cm³/mol. The molecule has 0 heterocycles. The zero-order valence-electron chi connectivity index (χ0n) is 15.9. The first kappa shape index (κ1) is 21.1. The van der Waals surface area contributed by atoms with E-state index >= 15 is 0 Å². The molecule has 2 rings (SSSR count). The normalized spacial score (nSPS) is 15.2. The van der Waals surface area contributed by atoms with E-state index in [0.29, 0.717) is 37.7 Å². The van der Waals surface area contributed by atoms with Gasteiger partial charge in [-0.1, -0.05) is 26.8 Å². The molecule has 0 unspecified atom stereocenters. The first-order chi connectivity index (χ1) is 12.1. The average Bonchev–Trinajstić information content (AvgIpc) is 3.36. The topological polar surface area (TPSA) is 64.6 Å². The number of benzene rings is 1. The van der Waals surface area contributed by atoms with E-state index in [4.69, 9.17) is 9.47 Å². The highest BCUT2D eigenvalue weighted by Gasteiger charge is 2.22. The Balaban J connectivity index is 1.74. The summed E-state index contributed by atoms with van der Waals surface area (Å²) in [6.45, 7) is 7.84. The molecule has 0 saturated heterocycles. The summed E-state index contributed by atoms with van der Waals surface area (Å²) in [5.74, 6) is 0.290. The Labute approximate surface area is 156 Å². The number of rotatable bonds is 11. The van der Waals surface area contributed by atoms with Gasteiger partial charge in [0.05, 0.1) is 19.0 Å². The average molecular weight is 388 g/mol. The van der Waals surface area contributed by atoms with Gasteiger partial charge in [0, 0.05) is 13.2 Å². The molecule has 148 valence electrons. The van der Waals surface area contributed by atoms with Gasteiger partial charge in [-0.3, -0.25) is 0 Å². The van der Waals surface area contributed by atoms with E-state index in [1.807, 2.05) is 0 Å². The van der Waals surface area contributed by atoms with Crippen LogP contribution in [-0.4, -0.2) is 34.0 Å². The SMILES string of the molecule is CC(C)(C)COCCCS(=O)(=O)NCc1ccc(F)c(OCC2CC2)c1. The van der Waals surface area contributed by atoms with Gasteiger partial charge < -0.3 is 9.47 Å². The Kier molecular flexibility index (Phi) is 7.43. The Morgan fingerprint density at radius 3 is 2.65 bits per heavy atom. The molecule has 1 aliphatic rings. The molecule has 1 aromatic rings. The van der Waals surface area contributed by atoms with E-state index in [1.165, 1.54) is 6.07 Å². The molecule has 5 nitrogen and oxygen atoms in total. The smallest absolute Gasteiger partial charge is 0.211 e. The molecule has 1 N–H and O–H groups in total. The number of nitrogens with one attached hydrogen (secondary N) is 1. The summed E-state index contributed by atoms with van der Waals surface area (Å²) in [5, 5.41) is 0. The van der Waals surface area contributed by atoms with E-state index in [2.05, 4.69) is 25.5 Å². The lowest BCUT2D eigenvalue weighted by Gasteiger charge is -2.17. The summed E-state index contributed by atoms with van der Waals surface area (Å²) in [5.41, 5.74) is 0.740. The van der Waals surface area contributed by atoms with Crippen LogP contribution in [0.2, 0.25) is 0 Å². The minimum Gasteiger partial charge on any atom is -0.490 e. The third kappa shape index (κ3) is 8.47. The second kappa shape index (κ2) is 9.15. The molecule has 1 aliphatic carbocycles. The van der Waals surface area contributed by atoms with Gasteiger partial charge in [0.1, 0.15) is 0 Å². The monoisotopic (exact) mass is 387 g/mol. The van der Waals surface area contributed by atoms with E-state index in [1.54, 1.807) is 12.1 Å². The summed E-state index contributed by atoms with van der Waals surface area (Å²) in [6.07, 6.45) is 2.69. The maximum atomic E-state index is 13.8. The van der Waals surface area contributed by atoms with Crippen molar-refractivity contribution in [3.63, 3.8) is 0 Å². The summed E-state index contributed by atoms with van der Waals surface area (Å²) >= 11 is 0. The van der Waals surface area contributed by atoms with Gasteiger partial charge in [-0.2, -0.15) is 0 Å². The third-order valence-corrected chi connectivity index (χ3v) is 5.31. The molecule has 0 amide bonds. The van der Waals surface area contributed by atoms with Crippen LogP contribution in [0.1, 0.15) is 45.6 Å². The second-order valence-corrected chi connectivity index (χ2v) is 10.1. The van der Waals surface area contributed by atoms with Crippen LogP contribution >= 0.6 is 0 Å². The molecule has 0 spiro atoms. The predicted octanol–water partition coefficient (Wildman–Crippen LogP) is 3.49. The van der Waals surface area contributed by atoms with E-state index in [9.17, 15) is 12.8 Å². The molecule has 0 aromatic heterocycles. The minimum atomic E-state index is -3.40. The van der Waals surface area contributed by atoms with Crippen molar-refractivity contribution < 1.29 is 22.3 Å². The van der Waals surface area contributed by atoms with Crippen LogP contribution in [0, 0.1) is 17.2 Å². The first-order valence-corrected chi connectivity index (χ1v) is 10.8. The van der Waals surface area contributed by atoms with Crippen LogP contribution in [0.5, 0.6) is 5.75 Å². The van der Waals surface area contributed by atoms with Gasteiger partial charge in [-0.15, -0.1) is 0 Å². The first-order valence-electron chi connectivity index (χ1n) is 9.11. The summed E-state index contributed by atoms with van der Waals surface area (Å²) < 4.78 is 51.4. The third-order valence-electron chi connectivity index (χ3n) is 3.90. The standard InChI is InChI=1S/C19H30FNO4S/c1-19(2,3)14-24-9-4-10-26(22,23)21-12-16-7-8-17(20)18(11-16)25-13-15-5-6-15/h7-8,11,15,21H,4-6,9-10,12-14H2,1-3H3. The highest BCUT2D eigenvalue weighted by atomic mass is 32.2. The van der Waals surface area contributed by atoms with Crippen LogP contribution in [0.25, 0.3) is 0 Å². The molecule has 0 atom stereocenters. The molecule has 1 fully saturated rings. The molecule has 1 aromatic carbocycles. The lowest BCUT2D eigenvalue weighted by atomic mass is 9.99. The number of halogens is 1. The number of sulfonamides is 1. The van der Waals surface area contributed by atoms with Gasteiger partial charge >= 0.3 is 0 Å². The van der Waals surface area contributed by atoms with E-state index in [-0.39, 0.29) is 23.5 Å². The maximum Gasteiger partial charge on any atom is 0.211 e. The number of ether oxygens (including phenoxy) is 2. The lowest BCUT2D eigenvalue weighted by Crippen LogP contribution is -2.27. The Morgan fingerprint density at radius 2 is 2.00 bits per heavy atom. The number of hydrogen-bond donors (Lipinski definition) is 1. The molecule has 7 heteroatoms. The van der Waals surface area contributed by atoms with Crippen LogP contribution in [0.4, 0.5) is 4.39 Å². The van der Waals surface area contributed by atoms with Crippen LogP contribution < -0.4 is 9.46 Å². The number of hydrogen-bond acceptors (Lipinski definition) is 4. The van der Waals surface area contributed by atoms with Crippen molar-refractivity contribution in [2.45, 2.75) is 46.6 Å². The Hall–Kier alpha value is -1.18. The molecular weight excluding hydrogens is 357 g/mol. The second-order valence-electron chi connectivity index (χ2n) is 8.13. The zero-order valence-corrected chi connectivity index (χ0v) is 16.7. The molecule has 1 saturated carbocycles. The van der Waals surface area contributed by atoms with Crippen molar-refractivity contribution in [1.82, 2.24) is 4.72 Å². The highest BCUT2D eigenvalue weighted by Crippen LogP contribution is 2.30. The molecule has 0 radical (unpaired) electrons. The van der Waals surface area contributed by atoms with Crippen molar-refractivity contribution in [3.05, 3.63) is 29.6 Å². The van der Waals surface area contributed by atoms with Crippen molar-refractivity contribution in [3.8, 4) is 5.75 Å². The molecule has 0 aliphatic heterocycles. The fourth-order valence-electron chi connectivity index (χ4n) is 2.26. The van der Waals surface area contributed by atoms with Crippen LogP contribution in [0.15, 0.2) is 18.2 Å². The van der Waals surface area contributed by atoms with Crippen molar-refractivity contribution in [2.24, 2.45) is 11.3 Å². The highest BCUT2D eigenvalue weighted by molar-refractivity contribution is 7.89. The molecule has 26 heavy (non-hydrogen) atoms. The maximum absolute atomic E-state index is 13.8.